The predicted octanol–water partition coefficient (Wildman–Crippen LogP) is 6.99. The van der Waals surface area contributed by atoms with Gasteiger partial charge in [-0.1, -0.05) is 91.5 Å². The van der Waals surface area contributed by atoms with E-state index in [-0.39, 0.29) is 0 Å². The molecule has 0 unspecified atom stereocenters. The zero-order chi connectivity index (χ0) is 22.0. The second-order valence-electron chi connectivity index (χ2n) is 7.70. The van der Waals surface area contributed by atoms with E-state index in [0.717, 1.165) is 41.0 Å². The Labute approximate surface area is 190 Å². The quantitative estimate of drug-likeness (QED) is 0.275. The van der Waals surface area contributed by atoms with Crippen molar-refractivity contribution in [3.8, 4) is 11.5 Å². The standard InChI is InChI=1S/C30H28O2/c1-24(27-12-16-29(17-13-27)31-22-20-25-8-4-2-5-9-25)28-14-18-30(19-15-28)32-23-21-26-10-6-3-7-11-26/h2-19H,1,20-23H2. The highest BCUT2D eigenvalue weighted by atomic mass is 16.5. The van der Waals surface area contributed by atoms with Crippen molar-refractivity contribution in [3.63, 3.8) is 0 Å². The third-order valence-electron chi connectivity index (χ3n) is 5.41. The third-order valence-corrected chi connectivity index (χ3v) is 5.41. The van der Waals surface area contributed by atoms with Gasteiger partial charge in [0.1, 0.15) is 11.5 Å². The first-order valence-electron chi connectivity index (χ1n) is 11.0. The normalized spacial score (nSPS) is 10.5. The van der Waals surface area contributed by atoms with Gasteiger partial charge in [-0.3, -0.25) is 0 Å². The van der Waals surface area contributed by atoms with E-state index in [1.807, 2.05) is 36.4 Å². The molecule has 0 atom stereocenters. The lowest BCUT2D eigenvalue weighted by atomic mass is 9.99. The minimum atomic E-state index is 0.663. The minimum absolute atomic E-state index is 0.663. The van der Waals surface area contributed by atoms with E-state index in [1.54, 1.807) is 0 Å². The van der Waals surface area contributed by atoms with Gasteiger partial charge in [-0.15, -0.1) is 0 Å². The smallest absolute Gasteiger partial charge is 0.119 e. The minimum Gasteiger partial charge on any atom is -0.493 e. The van der Waals surface area contributed by atoms with Crippen molar-refractivity contribution in [2.24, 2.45) is 0 Å². The number of hydrogen-bond acceptors (Lipinski definition) is 2. The average Bonchev–Trinajstić information content (AvgIpc) is 2.86. The zero-order valence-electron chi connectivity index (χ0n) is 18.2. The van der Waals surface area contributed by atoms with E-state index in [0.29, 0.717) is 13.2 Å². The molecule has 160 valence electrons. The molecule has 0 saturated carbocycles. The van der Waals surface area contributed by atoms with Crippen molar-refractivity contribution in [2.45, 2.75) is 12.8 Å². The Balaban J connectivity index is 1.26. The van der Waals surface area contributed by atoms with Crippen molar-refractivity contribution < 1.29 is 9.47 Å². The molecular weight excluding hydrogens is 392 g/mol. The summed E-state index contributed by atoms with van der Waals surface area (Å²) >= 11 is 0. The molecule has 2 heteroatoms. The van der Waals surface area contributed by atoms with Crippen LogP contribution in [0, 0.1) is 0 Å². The number of rotatable bonds is 10. The molecule has 4 rings (SSSR count). The summed E-state index contributed by atoms with van der Waals surface area (Å²) in [6, 6.07) is 37.0. The van der Waals surface area contributed by atoms with Gasteiger partial charge in [0.15, 0.2) is 0 Å². The largest absolute Gasteiger partial charge is 0.493 e. The van der Waals surface area contributed by atoms with E-state index in [4.69, 9.17) is 9.47 Å². The van der Waals surface area contributed by atoms with Crippen LogP contribution in [0.15, 0.2) is 116 Å². The van der Waals surface area contributed by atoms with Crippen molar-refractivity contribution in [3.05, 3.63) is 138 Å². The molecule has 2 nitrogen and oxygen atoms in total. The van der Waals surface area contributed by atoms with Gasteiger partial charge in [-0.05, 0) is 52.1 Å². The van der Waals surface area contributed by atoms with Crippen LogP contribution in [-0.2, 0) is 12.8 Å². The van der Waals surface area contributed by atoms with E-state index in [1.165, 1.54) is 11.1 Å². The van der Waals surface area contributed by atoms with Crippen LogP contribution in [0.1, 0.15) is 22.3 Å². The van der Waals surface area contributed by atoms with Gasteiger partial charge in [0, 0.05) is 12.8 Å². The second-order valence-corrected chi connectivity index (χ2v) is 7.70. The Morgan fingerprint density at radius 1 is 0.500 bits per heavy atom. The second kappa shape index (κ2) is 11.0. The summed E-state index contributed by atoms with van der Waals surface area (Å²) in [5, 5.41) is 0. The molecule has 0 N–H and O–H groups in total. The van der Waals surface area contributed by atoms with Gasteiger partial charge in [0.05, 0.1) is 13.2 Å². The molecule has 0 aliphatic rings. The Bertz CT molecular complexity index is 1010. The fourth-order valence-electron chi connectivity index (χ4n) is 3.53. The fraction of sp³-hybridized carbons (Fsp3) is 0.133. The highest BCUT2D eigenvalue weighted by molar-refractivity contribution is 5.78. The van der Waals surface area contributed by atoms with Crippen LogP contribution in [-0.4, -0.2) is 13.2 Å². The molecule has 0 bridgehead atoms. The van der Waals surface area contributed by atoms with Crippen molar-refractivity contribution in [1.82, 2.24) is 0 Å². The van der Waals surface area contributed by atoms with Gasteiger partial charge in [-0.2, -0.15) is 0 Å². The number of benzene rings is 4. The van der Waals surface area contributed by atoms with Gasteiger partial charge in [0.2, 0.25) is 0 Å². The maximum Gasteiger partial charge on any atom is 0.119 e. The average molecular weight is 421 g/mol. The molecule has 0 aliphatic carbocycles. The molecule has 0 saturated heterocycles. The van der Waals surface area contributed by atoms with Gasteiger partial charge in [0.25, 0.3) is 0 Å². The maximum atomic E-state index is 5.89. The maximum absolute atomic E-state index is 5.89. The molecule has 0 fully saturated rings. The monoisotopic (exact) mass is 420 g/mol. The SMILES string of the molecule is C=C(c1ccc(OCCc2ccccc2)cc1)c1ccc(OCCc2ccccc2)cc1. The summed E-state index contributed by atoms with van der Waals surface area (Å²) in [7, 11) is 0. The van der Waals surface area contributed by atoms with Gasteiger partial charge < -0.3 is 9.47 Å². The number of hydrogen-bond donors (Lipinski definition) is 0. The summed E-state index contributed by atoms with van der Waals surface area (Å²) < 4.78 is 11.8. The summed E-state index contributed by atoms with van der Waals surface area (Å²) in [5.41, 5.74) is 5.71. The lowest BCUT2D eigenvalue weighted by molar-refractivity contribution is 0.322. The Kier molecular flexibility index (Phi) is 7.38. The van der Waals surface area contributed by atoms with Crippen molar-refractivity contribution >= 4 is 5.57 Å². The van der Waals surface area contributed by atoms with Crippen LogP contribution in [0.3, 0.4) is 0 Å². The van der Waals surface area contributed by atoms with Crippen LogP contribution in [0.25, 0.3) is 5.57 Å². The topological polar surface area (TPSA) is 18.5 Å². The van der Waals surface area contributed by atoms with Crippen LogP contribution in [0.4, 0.5) is 0 Å². The molecule has 0 radical (unpaired) electrons. The highest BCUT2D eigenvalue weighted by Crippen LogP contribution is 2.25. The van der Waals surface area contributed by atoms with Crippen LogP contribution < -0.4 is 9.47 Å². The summed E-state index contributed by atoms with van der Waals surface area (Å²) in [5.74, 6) is 1.75. The molecule has 4 aromatic carbocycles. The van der Waals surface area contributed by atoms with Crippen LogP contribution in [0.2, 0.25) is 0 Å². The van der Waals surface area contributed by atoms with Crippen molar-refractivity contribution in [2.75, 3.05) is 13.2 Å². The molecule has 0 heterocycles. The summed E-state index contributed by atoms with van der Waals surface area (Å²) in [4.78, 5) is 0. The third kappa shape index (κ3) is 6.12. The molecule has 0 amide bonds. The number of ether oxygens (including phenoxy) is 2. The first-order valence-corrected chi connectivity index (χ1v) is 11.0. The highest BCUT2D eigenvalue weighted by Gasteiger charge is 2.04. The van der Waals surface area contributed by atoms with E-state index >= 15 is 0 Å². The molecule has 32 heavy (non-hydrogen) atoms. The predicted molar refractivity (Wildman–Crippen MR) is 132 cm³/mol. The Hall–Kier alpha value is -3.78. The van der Waals surface area contributed by atoms with Gasteiger partial charge >= 0.3 is 0 Å². The van der Waals surface area contributed by atoms with E-state index in [2.05, 4.69) is 79.4 Å². The fourth-order valence-corrected chi connectivity index (χ4v) is 3.53. The molecule has 0 aromatic heterocycles. The summed E-state index contributed by atoms with van der Waals surface area (Å²) in [6.45, 7) is 5.60. The van der Waals surface area contributed by atoms with Gasteiger partial charge in [-0.25, -0.2) is 0 Å². The van der Waals surface area contributed by atoms with Crippen LogP contribution in [0.5, 0.6) is 11.5 Å². The molecular formula is C30H28O2. The summed E-state index contributed by atoms with van der Waals surface area (Å²) in [6.07, 6.45) is 1.80. The first kappa shape index (κ1) is 21.5. The van der Waals surface area contributed by atoms with E-state index in [9.17, 15) is 0 Å². The Morgan fingerprint density at radius 2 is 0.875 bits per heavy atom. The Morgan fingerprint density at radius 3 is 1.25 bits per heavy atom. The van der Waals surface area contributed by atoms with Crippen LogP contribution >= 0.6 is 0 Å². The molecule has 0 spiro atoms. The molecule has 4 aromatic rings. The van der Waals surface area contributed by atoms with E-state index < -0.39 is 0 Å². The molecule has 0 aliphatic heterocycles. The van der Waals surface area contributed by atoms with Crippen molar-refractivity contribution in [1.29, 1.82) is 0 Å². The lowest BCUT2D eigenvalue weighted by Gasteiger charge is -2.11. The first-order chi connectivity index (χ1) is 15.8. The zero-order valence-corrected chi connectivity index (χ0v) is 18.2. The lowest BCUT2D eigenvalue weighted by Crippen LogP contribution is -2.01.